The first kappa shape index (κ1) is 15.3. The van der Waals surface area contributed by atoms with Gasteiger partial charge in [0.15, 0.2) is 0 Å². The number of nitrogens with zero attached hydrogens (tertiary/aromatic N) is 2. The van der Waals surface area contributed by atoms with Gasteiger partial charge in [-0.2, -0.15) is 0 Å². The fraction of sp³-hybridized carbons (Fsp3) is 0.647. The lowest BCUT2D eigenvalue weighted by Gasteiger charge is -2.32. The quantitative estimate of drug-likeness (QED) is 0.898. The fourth-order valence-corrected chi connectivity index (χ4v) is 4.06. The molecule has 1 N–H and O–H groups in total. The maximum atomic E-state index is 3.63. The summed E-state index contributed by atoms with van der Waals surface area (Å²) in [5, 5.41) is 3.29. The molecule has 2 fully saturated rings. The van der Waals surface area contributed by atoms with E-state index in [2.05, 4.69) is 49.2 Å². The van der Waals surface area contributed by atoms with E-state index in [0.29, 0.717) is 0 Å². The maximum absolute atomic E-state index is 3.63. The van der Waals surface area contributed by atoms with Crippen LogP contribution in [-0.4, -0.2) is 44.2 Å². The molecule has 1 atom stereocenters. The summed E-state index contributed by atoms with van der Waals surface area (Å²) in [6, 6.07) is 7.43. The van der Waals surface area contributed by atoms with E-state index in [-0.39, 0.29) is 0 Å². The van der Waals surface area contributed by atoms with E-state index in [1.165, 1.54) is 67.6 Å². The SMILES string of the molecule is CNCc1ccc(Br)cc1N1CCC(N2CCCCC2)C1. The third-order valence-electron chi connectivity index (χ3n) is 4.83. The molecule has 0 spiro atoms. The van der Waals surface area contributed by atoms with E-state index in [1.807, 2.05) is 7.05 Å². The largest absolute Gasteiger partial charge is 0.370 e. The van der Waals surface area contributed by atoms with Crippen LogP contribution in [0.3, 0.4) is 0 Å². The van der Waals surface area contributed by atoms with Crippen molar-refractivity contribution in [1.29, 1.82) is 0 Å². The smallest absolute Gasteiger partial charge is 0.0423 e. The van der Waals surface area contributed by atoms with Crippen molar-refractivity contribution < 1.29 is 0 Å². The molecule has 3 rings (SSSR count). The molecule has 4 heteroatoms. The van der Waals surface area contributed by atoms with Gasteiger partial charge in [0.1, 0.15) is 0 Å². The number of halogens is 1. The Bertz CT molecular complexity index is 471. The van der Waals surface area contributed by atoms with Gasteiger partial charge in [0.05, 0.1) is 0 Å². The van der Waals surface area contributed by atoms with Gasteiger partial charge < -0.3 is 10.2 Å². The summed E-state index contributed by atoms with van der Waals surface area (Å²) in [6.07, 6.45) is 5.51. The minimum Gasteiger partial charge on any atom is -0.370 e. The highest BCUT2D eigenvalue weighted by molar-refractivity contribution is 9.10. The van der Waals surface area contributed by atoms with Gasteiger partial charge >= 0.3 is 0 Å². The Kier molecular flexibility index (Phi) is 5.19. The lowest BCUT2D eigenvalue weighted by molar-refractivity contribution is 0.175. The van der Waals surface area contributed by atoms with Crippen molar-refractivity contribution in [3.8, 4) is 0 Å². The average molecular weight is 352 g/mol. The van der Waals surface area contributed by atoms with E-state index in [0.717, 1.165) is 12.6 Å². The highest BCUT2D eigenvalue weighted by atomic mass is 79.9. The Labute approximate surface area is 136 Å². The molecule has 2 heterocycles. The summed E-state index contributed by atoms with van der Waals surface area (Å²) in [5.74, 6) is 0. The number of benzene rings is 1. The van der Waals surface area contributed by atoms with Crippen molar-refractivity contribution in [3.05, 3.63) is 28.2 Å². The molecule has 1 aromatic carbocycles. The second-order valence-corrected chi connectivity index (χ2v) is 7.20. The molecule has 116 valence electrons. The van der Waals surface area contributed by atoms with Crippen LogP contribution in [0.5, 0.6) is 0 Å². The maximum Gasteiger partial charge on any atom is 0.0423 e. The number of hydrogen-bond acceptors (Lipinski definition) is 3. The molecule has 2 aliphatic heterocycles. The number of anilines is 1. The highest BCUT2D eigenvalue weighted by Crippen LogP contribution is 2.30. The highest BCUT2D eigenvalue weighted by Gasteiger charge is 2.29. The molecule has 3 nitrogen and oxygen atoms in total. The van der Waals surface area contributed by atoms with Crippen molar-refractivity contribution in [2.24, 2.45) is 0 Å². The first-order valence-corrected chi connectivity index (χ1v) is 8.99. The van der Waals surface area contributed by atoms with Gasteiger partial charge in [0.2, 0.25) is 0 Å². The zero-order valence-corrected chi connectivity index (χ0v) is 14.5. The topological polar surface area (TPSA) is 18.5 Å². The molecule has 0 radical (unpaired) electrons. The van der Waals surface area contributed by atoms with Crippen LogP contribution in [0.1, 0.15) is 31.2 Å². The number of hydrogen-bond donors (Lipinski definition) is 1. The van der Waals surface area contributed by atoms with Crippen molar-refractivity contribution in [2.45, 2.75) is 38.3 Å². The summed E-state index contributed by atoms with van der Waals surface area (Å²) in [6.45, 7) is 5.93. The minimum absolute atomic E-state index is 0.756. The van der Waals surface area contributed by atoms with Gasteiger partial charge in [0.25, 0.3) is 0 Å². The molecule has 1 aromatic rings. The summed E-state index contributed by atoms with van der Waals surface area (Å²) in [5.41, 5.74) is 2.80. The monoisotopic (exact) mass is 351 g/mol. The van der Waals surface area contributed by atoms with Gasteiger partial charge in [-0.25, -0.2) is 0 Å². The van der Waals surface area contributed by atoms with Gasteiger partial charge in [-0.3, -0.25) is 4.90 Å². The number of nitrogens with one attached hydrogen (secondary N) is 1. The van der Waals surface area contributed by atoms with Crippen LogP contribution in [0.4, 0.5) is 5.69 Å². The number of rotatable bonds is 4. The molecule has 2 saturated heterocycles. The molecule has 21 heavy (non-hydrogen) atoms. The molecule has 1 unspecified atom stereocenters. The van der Waals surface area contributed by atoms with Crippen LogP contribution in [0, 0.1) is 0 Å². The first-order valence-electron chi connectivity index (χ1n) is 8.20. The molecule has 0 bridgehead atoms. The Morgan fingerprint density at radius 2 is 2.00 bits per heavy atom. The van der Waals surface area contributed by atoms with E-state index in [9.17, 15) is 0 Å². The van der Waals surface area contributed by atoms with Crippen LogP contribution in [0.25, 0.3) is 0 Å². The predicted octanol–water partition coefficient (Wildman–Crippen LogP) is 3.23. The minimum atomic E-state index is 0.756. The van der Waals surface area contributed by atoms with Gasteiger partial charge in [0, 0.05) is 35.8 Å². The summed E-state index contributed by atoms with van der Waals surface area (Å²) in [7, 11) is 2.02. The average Bonchev–Trinajstić information content (AvgIpc) is 3.00. The normalized spacial score (nSPS) is 23.7. The van der Waals surface area contributed by atoms with Crippen LogP contribution in [-0.2, 0) is 6.54 Å². The van der Waals surface area contributed by atoms with Crippen LogP contribution in [0.2, 0.25) is 0 Å². The number of piperidine rings is 1. The second-order valence-electron chi connectivity index (χ2n) is 6.29. The Morgan fingerprint density at radius 1 is 1.19 bits per heavy atom. The zero-order chi connectivity index (χ0) is 14.7. The summed E-state index contributed by atoms with van der Waals surface area (Å²) in [4.78, 5) is 5.30. The molecule has 0 amide bonds. The molecule has 0 aliphatic carbocycles. The number of likely N-dealkylation sites (tertiary alicyclic amines) is 1. The molecular formula is C17H26BrN3. The van der Waals surface area contributed by atoms with Crippen molar-refractivity contribution in [2.75, 3.05) is 38.1 Å². The lowest BCUT2D eigenvalue weighted by atomic mass is 10.1. The van der Waals surface area contributed by atoms with Crippen molar-refractivity contribution in [3.63, 3.8) is 0 Å². The van der Waals surface area contributed by atoms with Crippen molar-refractivity contribution >= 4 is 21.6 Å². The van der Waals surface area contributed by atoms with Crippen LogP contribution in [0.15, 0.2) is 22.7 Å². The Balaban J connectivity index is 1.71. The van der Waals surface area contributed by atoms with Crippen LogP contribution < -0.4 is 10.2 Å². The molecule has 0 aromatic heterocycles. The van der Waals surface area contributed by atoms with Gasteiger partial charge in [-0.15, -0.1) is 0 Å². The first-order chi connectivity index (χ1) is 10.3. The van der Waals surface area contributed by atoms with E-state index in [1.54, 1.807) is 0 Å². The van der Waals surface area contributed by atoms with E-state index < -0.39 is 0 Å². The molecular weight excluding hydrogens is 326 g/mol. The van der Waals surface area contributed by atoms with Gasteiger partial charge in [-0.05, 0) is 57.1 Å². The zero-order valence-electron chi connectivity index (χ0n) is 12.9. The molecule has 2 aliphatic rings. The summed E-state index contributed by atoms with van der Waals surface area (Å²) < 4.78 is 1.18. The third-order valence-corrected chi connectivity index (χ3v) is 5.32. The second kappa shape index (κ2) is 7.12. The van der Waals surface area contributed by atoms with E-state index in [4.69, 9.17) is 0 Å². The lowest BCUT2D eigenvalue weighted by Crippen LogP contribution is -2.41. The Hall–Kier alpha value is -0.580. The van der Waals surface area contributed by atoms with E-state index >= 15 is 0 Å². The van der Waals surface area contributed by atoms with Crippen LogP contribution >= 0.6 is 15.9 Å². The Morgan fingerprint density at radius 3 is 2.76 bits per heavy atom. The fourth-order valence-electron chi connectivity index (χ4n) is 3.71. The standard InChI is InChI=1S/C17H26BrN3/c1-19-12-14-5-6-15(18)11-17(14)21-10-7-16(13-21)20-8-3-2-4-9-20/h5-6,11,16,19H,2-4,7-10,12-13H2,1H3. The van der Waals surface area contributed by atoms with Gasteiger partial charge in [-0.1, -0.05) is 28.4 Å². The summed E-state index contributed by atoms with van der Waals surface area (Å²) >= 11 is 3.63. The third kappa shape index (κ3) is 3.61. The van der Waals surface area contributed by atoms with Crippen molar-refractivity contribution in [1.82, 2.24) is 10.2 Å². The predicted molar refractivity (Wildman–Crippen MR) is 92.9 cm³/mol. The molecule has 0 saturated carbocycles.